The molecule has 0 saturated carbocycles. The number of methoxy groups -OCH3 is 8. The molecule has 2 rings (SSSR count). The van der Waals surface area contributed by atoms with E-state index in [1.54, 1.807) is 12.2 Å². The number of aliphatic hydroxyl groups is 7. The third kappa shape index (κ3) is 20.6. The first-order valence-corrected chi connectivity index (χ1v) is 23.2. The number of carbonyl (C=O) groups excluding carboxylic acids is 3. The van der Waals surface area contributed by atoms with Crippen LogP contribution >= 0.6 is 61.2 Å². The number of halogens is 3. The smallest absolute Gasteiger partial charge is 0.214 e. The van der Waals surface area contributed by atoms with Gasteiger partial charge in [-0.2, -0.15) is 0 Å². The Labute approximate surface area is 378 Å². The minimum atomic E-state index is -1.17. The summed E-state index contributed by atoms with van der Waals surface area (Å²) in [6, 6.07) is 0. The van der Waals surface area contributed by atoms with E-state index in [0.29, 0.717) is 18.9 Å². The molecule has 25 heteroatoms. The van der Waals surface area contributed by atoms with Gasteiger partial charge in [-0.3, -0.25) is 9.59 Å². The molecule has 0 aromatic rings. The molecule has 2 fully saturated rings. The minimum absolute atomic E-state index is 0. The van der Waals surface area contributed by atoms with Gasteiger partial charge in [0.05, 0.1) is 32.5 Å². The van der Waals surface area contributed by atoms with Crippen LogP contribution in [0.25, 0.3) is 0 Å². The third-order valence-electron chi connectivity index (χ3n) is 8.34. The predicted octanol–water partition coefficient (Wildman–Crippen LogP) is -2.31. The molecule has 0 bridgehead atoms. The summed E-state index contributed by atoms with van der Waals surface area (Å²) in [7, 11) is 10.8. The van der Waals surface area contributed by atoms with Crippen LogP contribution in [0, 0.1) is 5.92 Å². The number of rotatable bonds is 23. The maximum Gasteiger partial charge on any atom is 0.214 e. The van der Waals surface area contributed by atoms with Gasteiger partial charge in [0.25, 0.3) is 0 Å². The van der Waals surface area contributed by atoms with Gasteiger partial charge >= 0.3 is 0 Å². The summed E-state index contributed by atoms with van der Waals surface area (Å²) >= 11 is 4.24. The zero-order chi connectivity index (χ0) is 44.1. The SMILES string of the molecule is COC(C=O)OC(CO)C(/C=C\C1C(O)C(OC)OC(CO)C1OC)OC.COC(C=O)OC(CO)C(C=O)OC.COC1OC(CO)C(OC)C(O)C1O.I.II. The van der Waals surface area contributed by atoms with Crippen molar-refractivity contribution in [1.82, 2.24) is 0 Å². The first kappa shape index (κ1) is 62.5. The molecule has 22 nitrogen and oxygen atoms in total. The lowest BCUT2D eigenvalue weighted by molar-refractivity contribution is -0.298. The van der Waals surface area contributed by atoms with E-state index in [4.69, 9.17) is 62.3 Å². The summed E-state index contributed by atoms with van der Waals surface area (Å²) in [5.41, 5.74) is 0. The molecular formula is C33H61I3O22. The molecule has 2 aliphatic rings. The van der Waals surface area contributed by atoms with Crippen LogP contribution in [0.4, 0.5) is 0 Å². The van der Waals surface area contributed by atoms with Crippen LogP contribution in [0.2, 0.25) is 0 Å². The van der Waals surface area contributed by atoms with Crippen molar-refractivity contribution in [3.8, 4) is 0 Å². The van der Waals surface area contributed by atoms with Crippen LogP contribution in [-0.4, -0.2) is 230 Å². The Bertz CT molecular complexity index is 1040. The van der Waals surface area contributed by atoms with E-state index >= 15 is 0 Å². The number of hydrogen-bond acceptors (Lipinski definition) is 22. The highest BCUT2D eigenvalue weighted by atomic mass is 128. The highest BCUT2D eigenvalue weighted by Gasteiger charge is 2.45. The fourth-order valence-electron chi connectivity index (χ4n) is 5.33. The largest absolute Gasteiger partial charge is 0.394 e. The predicted molar refractivity (Wildman–Crippen MR) is 227 cm³/mol. The fraction of sp³-hybridized carbons (Fsp3) is 0.848. The van der Waals surface area contributed by atoms with Gasteiger partial charge in [0.2, 0.25) is 12.6 Å². The van der Waals surface area contributed by atoms with Crippen molar-refractivity contribution in [1.29, 1.82) is 0 Å². The highest BCUT2D eigenvalue weighted by molar-refractivity contribution is 15.0. The van der Waals surface area contributed by atoms with E-state index < -0.39 is 111 Å². The van der Waals surface area contributed by atoms with Gasteiger partial charge in [-0.25, -0.2) is 0 Å². The lowest BCUT2D eigenvalue weighted by Gasteiger charge is -2.42. The van der Waals surface area contributed by atoms with Gasteiger partial charge in [0.15, 0.2) is 31.4 Å². The number of aliphatic hydroxyl groups excluding tert-OH is 7. The van der Waals surface area contributed by atoms with Crippen LogP contribution in [0.5, 0.6) is 0 Å². The Kier molecular flexibility index (Phi) is 40.6. The van der Waals surface area contributed by atoms with Gasteiger partial charge in [0, 0.05) is 100 Å². The Morgan fingerprint density at radius 3 is 1.31 bits per heavy atom. The second-order valence-corrected chi connectivity index (χ2v) is 11.5. The van der Waals surface area contributed by atoms with Crippen LogP contribution in [0.15, 0.2) is 12.2 Å². The summed E-state index contributed by atoms with van der Waals surface area (Å²) in [5.74, 6) is -0.591. The van der Waals surface area contributed by atoms with Crippen LogP contribution < -0.4 is 0 Å². The lowest BCUT2D eigenvalue weighted by atomic mass is 9.88. The van der Waals surface area contributed by atoms with Gasteiger partial charge in [-0.05, 0) is 0 Å². The zero-order valence-electron chi connectivity index (χ0n) is 33.4. The number of aldehydes is 3. The Morgan fingerprint density at radius 1 is 0.569 bits per heavy atom. The molecule has 0 spiro atoms. The molecule has 7 N–H and O–H groups in total. The quantitative estimate of drug-likeness (QED) is 0.0245. The topological polar surface area (TPSA) is 304 Å². The average molecular weight is 1190 g/mol. The molecule has 2 saturated heterocycles. The summed E-state index contributed by atoms with van der Waals surface area (Å²) in [6.07, 6.45) is -9.17. The van der Waals surface area contributed by atoms with Crippen molar-refractivity contribution in [2.45, 2.75) is 92.3 Å². The van der Waals surface area contributed by atoms with Crippen molar-refractivity contribution in [2.24, 2.45) is 5.92 Å². The van der Waals surface area contributed by atoms with Gasteiger partial charge in [-0.1, -0.05) is 12.2 Å². The molecule has 0 aromatic carbocycles. The van der Waals surface area contributed by atoms with Crippen LogP contribution in [0.1, 0.15) is 0 Å². The molecule has 2 aliphatic heterocycles. The second-order valence-electron chi connectivity index (χ2n) is 11.5. The number of carbonyl (C=O) groups is 3. The monoisotopic (exact) mass is 1190 g/mol. The minimum Gasteiger partial charge on any atom is -0.394 e. The number of hydrogen-bond donors (Lipinski definition) is 7. The van der Waals surface area contributed by atoms with E-state index in [0.717, 1.165) is 0 Å². The molecule has 2 heterocycles. The molecular weight excluding hydrogens is 1130 g/mol. The van der Waals surface area contributed by atoms with E-state index in [1.165, 1.54) is 56.9 Å². The summed E-state index contributed by atoms with van der Waals surface area (Å²) in [5, 5.41) is 66.5. The standard InChI is InChI=1S/C17H30O10.C8H16O6.C8H14O6.I2.HI/c1-22-11(12(7-18)26-14(9-20)23-2)6-5-10-15(21)17(25-4)27-13(8-19)16(10)24-3;1-12-7-4(3-9)14-8(13-2)6(11)5(7)10;1-12-6(3-9)7(4-10)14-8(5-11)13-2;1-2;/h5-6,9-19,21H,7-8H2,1-4H3;4-11H,3H2,1-2H3;3,5-8,10H,4H2,1-2H3;;1H/b6-5-;;;;. The van der Waals surface area contributed by atoms with E-state index in [-0.39, 0.29) is 37.2 Å². The fourth-order valence-corrected chi connectivity index (χ4v) is 5.33. The van der Waals surface area contributed by atoms with Gasteiger partial charge < -0.3 is 97.4 Å². The van der Waals surface area contributed by atoms with Crippen molar-refractivity contribution < 1.29 is 107 Å². The molecule has 346 valence electrons. The lowest BCUT2D eigenvalue weighted by Crippen LogP contribution is -2.59. The first-order chi connectivity index (χ1) is 27.4. The summed E-state index contributed by atoms with van der Waals surface area (Å²) < 4.78 is 60.6. The molecule has 0 radical (unpaired) electrons. The maximum atomic E-state index is 10.9. The first-order valence-electron chi connectivity index (χ1n) is 16.9. The molecule has 16 atom stereocenters. The normalized spacial score (nSPS) is 29.9. The van der Waals surface area contributed by atoms with Crippen LogP contribution in [0.3, 0.4) is 0 Å². The van der Waals surface area contributed by atoms with E-state index in [2.05, 4.69) is 42.0 Å². The Hall–Kier alpha value is 0.180. The maximum absolute atomic E-state index is 10.9. The molecule has 0 aliphatic carbocycles. The van der Waals surface area contributed by atoms with Crippen molar-refractivity contribution in [3.63, 3.8) is 0 Å². The summed E-state index contributed by atoms with van der Waals surface area (Å²) in [6.45, 7) is -1.49. The van der Waals surface area contributed by atoms with Gasteiger partial charge in [0.1, 0.15) is 61.0 Å². The number of ether oxygens (including phenoxy) is 12. The third-order valence-corrected chi connectivity index (χ3v) is 8.34. The average Bonchev–Trinajstić information content (AvgIpc) is 3.25. The second kappa shape index (κ2) is 37.7. The van der Waals surface area contributed by atoms with E-state index in [1.807, 2.05) is 0 Å². The van der Waals surface area contributed by atoms with Crippen molar-refractivity contribution in [2.75, 3.05) is 83.3 Å². The Morgan fingerprint density at radius 2 is 0.983 bits per heavy atom. The molecule has 16 unspecified atom stereocenters. The Balaban J connectivity index is -0.000000826. The highest BCUT2D eigenvalue weighted by Crippen LogP contribution is 2.30. The van der Waals surface area contributed by atoms with Crippen LogP contribution in [-0.2, 0) is 71.2 Å². The summed E-state index contributed by atoms with van der Waals surface area (Å²) in [4.78, 5) is 31.7. The molecule has 0 aromatic heterocycles. The molecule has 58 heavy (non-hydrogen) atoms. The zero-order valence-corrected chi connectivity index (χ0v) is 40.0. The van der Waals surface area contributed by atoms with Crippen molar-refractivity contribution in [3.05, 3.63) is 12.2 Å². The van der Waals surface area contributed by atoms with E-state index in [9.17, 15) is 39.9 Å². The molecule has 0 amide bonds. The van der Waals surface area contributed by atoms with Crippen molar-refractivity contribution >= 4 is 80.1 Å². The van der Waals surface area contributed by atoms with Gasteiger partial charge in [-0.15, -0.1) is 24.0 Å².